The first-order chi connectivity index (χ1) is 9.17. The standard InChI is InChI=1S/C15H13FO2S/c1-18-13-5-3-4-12(16)14(13)15(17)10-6-8-11(19-2)9-7-10/h3-9H,1-2H3. The highest BCUT2D eigenvalue weighted by Crippen LogP contribution is 2.25. The molecule has 0 aliphatic rings. The lowest BCUT2D eigenvalue weighted by Gasteiger charge is -2.08. The quantitative estimate of drug-likeness (QED) is 0.628. The van der Waals surface area contributed by atoms with Crippen molar-refractivity contribution in [3.8, 4) is 5.75 Å². The molecule has 0 saturated carbocycles. The van der Waals surface area contributed by atoms with Gasteiger partial charge in [-0.2, -0.15) is 0 Å². The molecule has 0 aliphatic carbocycles. The molecule has 0 saturated heterocycles. The molecule has 0 amide bonds. The topological polar surface area (TPSA) is 26.3 Å². The Balaban J connectivity index is 2.43. The Labute approximate surface area is 115 Å². The molecular weight excluding hydrogens is 263 g/mol. The van der Waals surface area contributed by atoms with Gasteiger partial charge in [0.25, 0.3) is 0 Å². The average Bonchev–Trinajstić information content (AvgIpc) is 2.46. The molecule has 0 aliphatic heterocycles. The van der Waals surface area contributed by atoms with Crippen molar-refractivity contribution >= 4 is 17.5 Å². The lowest BCUT2D eigenvalue weighted by molar-refractivity contribution is 0.103. The van der Waals surface area contributed by atoms with Crippen molar-refractivity contribution < 1.29 is 13.9 Å². The molecule has 0 fully saturated rings. The van der Waals surface area contributed by atoms with Crippen molar-refractivity contribution in [2.24, 2.45) is 0 Å². The van der Waals surface area contributed by atoms with E-state index in [1.165, 1.54) is 19.2 Å². The van der Waals surface area contributed by atoms with Crippen LogP contribution in [0.1, 0.15) is 15.9 Å². The van der Waals surface area contributed by atoms with E-state index < -0.39 is 5.82 Å². The molecule has 0 spiro atoms. The molecule has 0 bridgehead atoms. The van der Waals surface area contributed by atoms with Gasteiger partial charge in [0.1, 0.15) is 17.1 Å². The van der Waals surface area contributed by atoms with Crippen LogP contribution in [0.4, 0.5) is 4.39 Å². The van der Waals surface area contributed by atoms with Gasteiger partial charge in [0, 0.05) is 10.5 Å². The first kappa shape index (κ1) is 13.6. The maximum absolute atomic E-state index is 13.8. The fourth-order valence-corrected chi connectivity index (χ4v) is 2.19. The maximum Gasteiger partial charge on any atom is 0.199 e. The average molecular weight is 276 g/mol. The van der Waals surface area contributed by atoms with Gasteiger partial charge in [0.2, 0.25) is 0 Å². The van der Waals surface area contributed by atoms with Gasteiger partial charge in [0.15, 0.2) is 5.78 Å². The summed E-state index contributed by atoms with van der Waals surface area (Å²) in [4.78, 5) is 13.4. The summed E-state index contributed by atoms with van der Waals surface area (Å²) in [5.74, 6) is -0.695. The number of hydrogen-bond donors (Lipinski definition) is 0. The zero-order chi connectivity index (χ0) is 13.8. The predicted molar refractivity (Wildman–Crippen MR) is 74.6 cm³/mol. The van der Waals surface area contributed by atoms with Crippen LogP contribution in [0.5, 0.6) is 5.75 Å². The van der Waals surface area contributed by atoms with Crippen molar-refractivity contribution in [3.63, 3.8) is 0 Å². The summed E-state index contributed by atoms with van der Waals surface area (Å²) in [5, 5.41) is 0. The Morgan fingerprint density at radius 2 is 1.84 bits per heavy atom. The summed E-state index contributed by atoms with van der Waals surface area (Å²) < 4.78 is 18.9. The minimum Gasteiger partial charge on any atom is -0.496 e. The van der Waals surface area contributed by atoms with E-state index in [0.29, 0.717) is 5.56 Å². The number of carbonyl (C=O) groups excluding carboxylic acids is 1. The van der Waals surface area contributed by atoms with Gasteiger partial charge in [0.05, 0.1) is 7.11 Å². The van der Waals surface area contributed by atoms with Crippen LogP contribution in [0.15, 0.2) is 47.4 Å². The van der Waals surface area contributed by atoms with Crippen LogP contribution in [0.25, 0.3) is 0 Å². The Bertz CT molecular complexity index is 594. The third kappa shape index (κ3) is 2.79. The molecule has 0 heterocycles. The Hall–Kier alpha value is -1.81. The normalized spacial score (nSPS) is 10.3. The SMILES string of the molecule is COc1cccc(F)c1C(=O)c1ccc(SC)cc1. The highest BCUT2D eigenvalue weighted by Gasteiger charge is 2.18. The number of hydrogen-bond acceptors (Lipinski definition) is 3. The van der Waals surface area contributed by atoms with Crippen molar-refractivity contribution in [1.82, 2.24) is 0 Å². The fraction of sp³-hybridized carbons (Fsp3) is 0.133. The highest BCUT2D eigenvalue weighted by molar-refractivity contribution is 7.98. The number of thioether (sulfide) groups is 1. The second-order valence-electron chi connectivity index (χ2n) is 3.87. The largest absolute Gasteiger partial charge is 0.496 e. The number of halogens is 1. The summed E-state index contributed by atoms with van der Waals surface area (Å²) >= 11 is 1.59. The predicted octanol–water partition coefficient (Wildman–Crippen LogP) is 3.79. The second kappa shape index (κ2) is 5.89. The van der Waals surface area contributed by atoms with Crippen LogP contribution in [0, 0.1) is 5.82 Å². The number of benzene rings is 2. The van der Waals surface area contributed by atoms with Crippen LogP contribution < -0.4 is 4.74 Å². The third-order valence-corrected chi connectivity index (χ3v) is 3.52. The molecule has 0 atom stereocenters. The first-order valence-corrected chi connectivity index (χ1v) is 6.91. The number of ether oxygens (including phenoxy) is 1. The molecule has 2 rings (SSSR count). The van der Waals surface area contributed by atoms with Gasteiger partial charge in [-0.1, -0.05) is 6.07 Å². The molecule has 2 aromatic rings. The number of rotatable bonds is 4. The lowest BCUT2D eigenvalue weighted by atomic mass is 10.0. The molecule has 4 heteroatoms. The smallest absolute Gasteiger partial charge is 0.199 e. The van der Waals surface area contributed by atoms with Crippen LogP contribution >= 0.6 is 11.8 Å². The van der Waals surface area contributed by atoms with E-state index in [0.717, 1.165) is 4.90 Å². The molecule has 19 heavy (non-hydrogen) atoms. The summed E-state index contributed by atoms with van der Waals surface area (Å²) in [6.07, 6.45) is 1.96. The van der Waals surface area contributed by atoms with Gasteiger partial charge < -0.3 is 4.74 Å². The molecule has 2 nitrogen and oxygen atoms in total. The molecule has 0 aromatic heterocycles. The Kier molecular flexibility index (Phi) is 4.22. The van der Waals surface area contributed by atoms with E-state index in [9.17, 15) is 9.18 Å². The fourth-order valence-electron chi connectivity index (χ4n) is 1.78. The van der Waals surface area contributed by atoms with Gasteiger partial charge in [-0.15, -0.1) is 11.8 Å². The minimum absolute atomic E-state index is 0.0260. The highest BCUT2D eigenvalue weighted by atomic mass is 32.2. The van der Waals surface area contributed by atoms with E-state index >= 15 is 0 Å². The van der Waals surface area contributed by atoms with Crippen molar-refractivity contribution in [2.45, 2.75) is 4.90 Å². The minimum atomic E-state index is -0.571. The van der Waals surface area contributed by atoms with Crippen molar-refractivity contribution in [2.75, 3.05) is 13.4 Å². The zero-order valence-corrected chi connectivity index (χ0v) is 11.5. The van der Waals surface area contributed by atoms with E-state index in [2.05, 4.69) is 0 Å². The van der Waals surface area contributed by atoms with Crippen LogP contribution in [0.2, 0.25) is 0 Å². The summed E-state index contributed by atoms with van der Waals surface area (Å²) in [7, 11) is 1.42. The van der Waals surface area contributed by atoms with Gasteiger partial charge >= 0.3 is 0 Å². The van der Waals surface area contributed by atoms with Gasteiger partial charge in [-0.25, -0.2) is 4.39 Å². The van der Waals surface area contributed by atoms with E-state index in [1.54, 1.807) is 30.0 Å². The van der Waals surface area contributed by atoms with Crippen molar-refractivity contribution in [3.05, 3.63) is 59.4 Å². The summed E-state index contributed by atoms with van der Waals surface area (Å²) in [5.41, 5.74) is 0.420. The van der Waals surface area contributed by atoms with E-state index in [4.69, 9.17) is 4.74 Å². The summed E-state index contributed by atoms with van der Waals surface area (Å²) in [6, 6.07) is 11.4. The van der Waals surface area contributed by atoms with Crippen LogP contribution in [-0.2, 0) is 0 Å². The monoisotopic (exact) mass is 276 g/mol. The molecule has 0 N–H and O–H groups in total. The van der Waals surface area contributed by atoms with Gasteiger partial charge in [-0.05, 0) is 42.7 Å². The zero-order valence-electron chi connectivity index (χ0n) is 10.6. The molecule has 0 unspecified atom stereocenters. The van der Waals surface area contributed by atoms with Gasteiger partial charge in [-0.3, -0.25) is 4.79 Å². The second-order valence-corrected chi connectivity index (χ2v) is 4.75. The van der Waals surface area contributed by atoms with Crippen LogP contribution in [0.3, 0.4) is 0 Å². The Morgan fingerprint density at radius 1 is 1.16 bits per heavy atom. The lowest BCUT2D eigenvalue weighted by Crippen LogP contribution is -2.06. The third-order valence-electron chi connectivity index (χ3n) is 2.77. The molecular formula is C15H13FO2S. The van der Waals surface area contributed by atoms with E-state index in [-0.39, 0.29) is 17.1 Å². The summed E-state index contributed by atoms with van der Waals surface area (Å²) in [6.45, 7) is 0. The first-order valence-electron chi connectivity index (χ1n) is 5.68. The van der Waals surface area contributed by atoms with Crippen LogP contribution in [-0.4, -0.2) is 19.1 Å². The maximum atomic E-state index is 13.8. The molecule has 0 radical (unpaired) electrons. The number of carbonyl (C=O) groups is 1. The number of methoxy groups -OCH3 is 1. The van der Waals surface area contributed by atoms with E-state index in [1.807, 2.05) is 18.4 Å². The Morgan fingerprint density at radius 3 is 2.42 bits per heavy atom. The van der Waals surface area contributed by atoms with Crippen molar-refractivity contribution in [1.29, 1.82) is 0 Å². The molecule has 98 valence electrons. The molecule has 2 aromatic carbocycles. The number of ketones is 1.